The summed E-state index contributed by atoms with van der Waals surface area (Å²) in [5.41, 5.74) is 0. The van der Waals surface area contributed by atoms with Crippen LogP contribution in [0.4, 0.5) is 0 Å². The normalized spacial score (nSPS) is 12.0. The van der Waals surface area contributed by atoms with Crippen LogP contribution in [-0.2, 0) is 0 Å². The van der Waals surface area contributed by atoms with Gasteiger partial charge in [-0.2, -0.15) is 0 Å². The molecule has 7 heavy (non-hydrogen) atoms. The second kappa shape index (κ2) is 3.72. The maximum Gasteiger partial charge on any atom is 0.0879 e. The first-order chi connectivity index (χ1) is 3.31. The van der Waals surface area contributed by atoms with E-state index in [9.17, 15) is 0 Å². The highest BCUT2D eigenvalue weighted by Gasteiger charge is 1.83. The number of rotatable bonds is 2. The maximum absolute atomic E-state index is 8.72. The van der Waals surface area contributed by atoms with Gasteiger partial charge in [-0.25, -0.2) is 0 Å². The van der Waals surface area contributed by atoms with Crippen molar-refractivity contribution < 1.29 is 5.11 Å². The molecular weight excluding hydrogens is 88.1 g/mol. The highest BCUT2D eigenvalue weighted by atomic mass is 16.3. The van der Waals surface area contributed by atoms with E-state index < -0.39 is 0 Å². The summed E-state index contributed by atoms with van der Waals surface area (Å²) in [6.45, 7) is 3.88. The topological polar surface area (TPSA) is 20.2 Å². The lowest BCUT2D eigenvalue weighted by Gasteiger charge is -1.90. The van der Waals surface area contributed by atoms with Gasteiger partial charge in [0.05, 0.1) is 5.76 Å². The summed E-state index contributed by atoms with van der Waals surface area (Å²) in [4.78, 5) is 0. The van der Waals surface area contributed by atoms with Gasteiger partial charge in [-0.1, -0.05) is 6.92 Å². The van der Waals surface area contributed by atoms with Crippen molar-refractivity contribution >= 4 is 0 Å². The Morgan fingerprint density at radius 2 is 2.29 bits per heavy atom. The first-order valence-corrected chi connectivity index (χ1v) is 2.65. The van der Waals surface area contributed by atoms with Gasteiger partial charge in [-0.3, -0.25) is 0 Å². The molecule has 0 saturated heterocycles. The highest BCUT2D eigenvalue weighted by Crippen LogP contribution is 1.97. The minimum atomic E-state index is 0.502. The fourth-order valence-corrected chi connectivity index (χ4v) is 0.400. The van der Waals surface area contributed by atoms with E-state index in [1.165, 1.54) is 0 Å². The summed E-state index contributed by atoms with van der Waals surface area (Å²) < 4.78 is 0. The minimum Gasteiger partial charge on any atom is -0.513 e. The van der Waals surface area contributed by atoms with E-state index in [2.05, 4.69) is 0 Å². The van der Waals surface area contributed by atoms with Gasteiger partial charge >= 0.3 is 0 Å². The first kappa shape index (κ1) is 6.54. The zero-order valence-corrected chi connectivity index (χ0v) is 4.94. The Labute approximate surface area is 44.7 Å². The third-order valence-corrected chi connectivity index (χ3v) is 0.839. The summed E-state index contributed by atoms with van der Waals surface area (Å²) >= 11 is 0. The van der Waals surface area contributed by atoms with Crippen LogP contribution in [0, 0.1) is 0 Å². The third kappa shape index (κ3) is 3.37. The van der Waals surface area contributed by atoms with Gasteiger partial charge in [-0.15, -0.1) is 0 Å². The second-order valence-electron chi connectivity index (χ2n) is 1.53. The zero-order valence-electron chi connectivity index (χ0n) is 4.94. The van der Waals surface area contributed by atoms with Crippen LogP contribution in [0.15, 0.2) is 11.8 Å². The Morgan fingerprint density at radius 1 is 1.71 bits per heavy atom. The summed E-state index contributed by atoms with van der Waals surface area (Å²) in [6, 6.07) is 0. The molecule has 0 fully saturated rings. The van der Waals surface area contributed by atoms with E-state index in [0.29, 0.717) is 5.76 Å². The van der Waals surface area contributed by atoms with Crippen molar-refractivity contribution in [2.75, 3.05) is 0 Å². The van der Waals surface area contributed by atoms with E-state index in [1.807, 2.05) is 13.8 Å². The largest absolute Gasteiger partial charge is 0.513 e. The molecule has 0 spiro atoms. The lowest BCUT2D eigenvalue weighted by molar-refractivity contribution is 0.385. The summed E-state index contributed by atoms with van der Waals surface area (Å²) in [6.07, 6.45) is 3.57. The molecule has 0 radical (unpaired) electrons. The molecule has 1 heteroatoms. The molecule has 42 valence electrons. The van der Waals surface area contributed by atoms with Crippen molar-refractivity contribution in [3.8, 4) is 0 Å². The van der Waals surface area contributed by atoms with Crippen LogP contribution in [0.1, 0.15) is 26.7 Å². The molecule has 0 aromatic rings. The summed E-state index contributed by atoms with van der Waals surface area (Å²) in [7, 11) is 0. The molecule has 0 aliphatic rings. The fraction of sp³-hybridized carbons (Fsp3) is 0.667. The highest BCUT2D eigenvalue weighted by molar-refractivity contribution is 4.86. The maximum atomic E-state index is 8.72. The third-order valence-electron chi connectivity index (χ3n) is 0.839. The van der Waals surface area contributed by atoms with Crippen LogP contribution < -0.4 is 0 Å². The fourth-order valence-electron chi connectivity index (χ4n) is 0.400. The van der Waals surface area contributed by atoms with Crippen LogP contribution >= 0.6 is 0 Å². The molecule has 0 aromatic carbocycles. The van der Waals surface area contributed by atoms with Crippen LogP contribution in [-0.4, -0.2) is 5.11 Å². The molecule has 0 aliphatic carbocycles. The quantitative estimate of drug-likeness (QED) is 0.527. The molecule has 0 aliphatic heterocycles. The zero-order chi connectivity index (χ0) is 5.70. The molecule has 1 nitrogen and oxygen atoms in total. The van der Waals surface area contributed by atoms with E-state index in [4.69, 9.17) is 5.11 Å². The average molecular weight is 100 g/mol. The molecule has 0 amide bonds. The predicted octanol–water partition coefficient (Wildman–Crippen LogP) is 2.25. The van der Waals surface area contributed by atoms with Gasteiger partial charge in [0.2, 0.25) is 0 Å². The van der Waals surface area contributed by atoms with Gasteiger partial charge in [0.25, 0.3) is 0 Å². The first-order valence-electron chi connectivity index (χ1n) is 2.65. The van der Waals surface area contributed by atoms with Gasteiger partial charge in [-0.05, 0) is 19.4 Å². The smallest absolute Gasteiger partial charge is 0.0879 e. The average Bonchev–Trinajstić information content (AvgIpc) is 1.68. The van der Waals surface area contributed by atoms with E-state index in [-0.39, 0.29) is 0 Å². The van der Waals surface area contributed by atoms with Crippen molar-refractivity contribution in [3.63, 3.8) is 0 Å². The monoisotopic (exact) mass is 100 g/mol. The van der Waals surface area contributed by atoms with Gasteiger partial charge in [0.15, 0.2) is 0 Å². The molecule has 0 heterocycles. The van der Waals surface area contributed by atoms with Crippen LogP contribution in [0.3, 0.4) is 0 Å². The predicted molar refractivity (Wildman–Crippen MR) is 31.3 cm³/mol. The van der Waals surface area contributed by atoms with Crippen LogP contribution in [0.5, 0.6) is 0 Å². The Balaban J connectivity index is 3.17. The van der Waals surface area contributed by atoms with Crippen LogP contribution in [0.25, 0.3) is 0 Å². The van der Waals surface area contributed by atoms with Crippen molar-refractivity contribution in [2.24, 2.45) is 0 Å². The molecule has 0 atom stereocenters. The Bertz CT molecular complexity index is 64.6. The van der Waals surface area contributed by atoms with Gasteiger partial charge in [0.1, 0.15) is 0 Å². The van der Waals surface area contributed by atoms with Crippen molar-refractivity contribution in [2.45, 2.75) is 26.7 Å². The molecule has 0 rings (SSSR count). The second-order valence-corrected chi connectivity index (χ2v) is 1.53. The molecule has 0 bridgehead atoms. The molecule has 0 unspecified atom stereocenters. The van der Waals surface area contributed by atoms with Gasteiger partial charge in [0, 0.05) is 6.42 Å². The number of aliphatic hydroxyl groups excluding tert-OH is 1. The molecule has 0 aromatic heterocycles. The van der Waals surface area contributed by atoms with E-state index >= 15 is 0 Å². The van der Waals surface area contributed by atoms with Gasteiger partial charge < -0.3 is 5.11 Å². The Hall–Kier alpha value is -0.460. The molecule has 0 saturated carbocycles. The number of hydrogen-bond acceptors (Lipinski definition) is 1. The molecule has 1 N–H and O–H groups in total. The number of allylic oxidation sites excluding steroid dienone is 2. The minimum absolute atomic E-state index is 0.502. The Kier molecular flexibility index (Phi) is 3.48. The van der Waals surface area contributed by atoms with Crippen molar-refractivity contribution in [3.05, 3.63) is 11.8 Å². The summed E-state index contributed by atoms with van der Waals surface area (Å²) in [5, 5.41) is 8.72. The lowest BCUT2D eigenvalue weighted by Crippen LogP contribution is -1.75. The SMILES string of the molecule is C/C=C(/O)CCC. The molecular formula is C6H12O. The number of aliphatic hydroxyl groups is 1. The standard InChI is InChI=1S/C6H12O/c1-3-5-6(7)4-2/h4,7H,3,5H2,1-2H3/b6-4+. The van der Waals surface area contributed by atoms with E-state index in [1.54, 1.807) is 6.08 Å². The summed E-state index contributed by atoms with van der Waals surface area (Å²) in [5.74, 6) is 0.502. The van der Waals surface area contributed by atoms with Crippen LogP contribution in [0.2, 0.25) is 0 Å². The number of hydrogen-bond donors (Lipinski definition) is 1. The van der Waals surface area contributed by atoms with E-state index in [0.717, 1.165) is 12.8 Å². The Morgan fingerprint density at radius 3 is 2.43 bits per heavy atom. The van der Waals surface area contributed by atoms with Crippen molar-refractivity contribution in [1.29, 1.82) is 0 Å². The lowest BCUT2D eigenvalue weighted by atomic mass is 10.3. The van der Waals surface area contributed by atoms with Crippen molar-refractivity contribution in [1.82, 2.24) is 0 Å².